The second-order valence-electron chi connectivity index (χ2n) is 6.89. The fourth-order valence-electron chi connectivity index (χ4n) is 3.20. The van der Waals surface area contributed by atoms with Crippen molar-refractivity contribution in [3.05, 3.63) is 81.9 Å². The van der Waals surface area contributed by atoms with Crippen molar-refractivity contribution in [1.29, 1.82) is 0 Å². The van der Waals surface area contributed by atoms with Crippen LogP contribution in [0.25, 0.3) is 11.1 Å². The molecule has 0 saturated carbocycles. The predicted molar refractivity (Wildman–Crippen MR) is 116 cm³/mol. The standard InChI is InChI=1S/C21H19BrN4O3S/c1-14-20(22)15(2)26(25-14)12-19-23-24-21(29-19)30(27,28)13-17-10-6-7-11-18(17)16-8-4-3-5-9-16/h3-11H,12-13H2,1-2H3. The molecule has 0 spiro atoms. The molecule has 0 unspecified atom stereocenters. The minimum Gasteiger partial charge on any atom is -0.410 e. The predicted octanol–water partition coefficient (Wildman–Crippen LogP) is 4.33. The van der Waals surface area contributed by atoms with E-state index in [0.29, 0.717) is 5.56 Å². The molecular formula is C21H19BrN4O3S. The van der Waals surface area contributed by atoms with Gasteiger partial charge < -0.3 is 4.42 Å². The Hall–Kier alpha value is -2.78. The van der Waals surface area contributed by atoms with E-state index in [-0.39, 0.29) is 23.4 Å². The molecule has 9 heteroatoms. The van der Waals surface area contributed by atoms with Gasteiger partial charge in [-0.1, -0.05) is 59.7 Å². The number of benzene rings is 2. The van der Waals surface area contributed by atoms with Crippen LogP contribution in [0.1, 0.15) is 22.8 Å². The molecule has 2 aromatic heterocycles. The summed E-state index contributed by atoms with van der Waals surface area (Å²) in [7, 11) is -3.81. The summed E-state index contributed by atoms with van der Waals surface area (Å²) in [4.78, 5) is 0. The molecule has 0 aliphatic heterocycles. The zero-order valence-electron chi connectivity index (χ0n) is 16.4. The Balaban J connectivity index is 1.59. The number of rotatable bonds is 6. The second kappa shape index (κ2) is 8.16. The van der Waals surface area contributed by atoms with E-state index in [2.05, 4.69) is 31.2 Å². The summed E-state index contributed by atoms with van der Waals surface area (Å²) < 4.78 is 34.0. The molecule has 4 rings (SSSR count). The average Bonchev–Trinajstić information content (AvgIpc) is 3.31. The summed E-state index contributed by atoms with van der Waals surface area (Å²) in [5.74, 6) is -0.0476. The zero-order valence-corrected chi connectivity index (χ0v) is 18.8. The molecule has 0 bridgehead atoms. The fourth-order valence-corrected chi connectivity index (χ4v) is 4.65. The number of halogens is 1. The molecule has 0 aliphatic carbocycles. The van der Waals surface area contributed by atoms with E-state index in [9.17, 15) is 8.42 Å². The van der Waals surface area contributed by atoms with Crippen LogP contribution in [0.2, 0.25) is 0 Å². The minimum atomic E-state index is -3.81. The van der Waals surface area contributed by atoms with Crippen molar-refractivity contribution in [1.82, 2.24) is 20.0 Å². The van der Waals surface area contributed by atoms with Gasteiger partial charge in [0.05, 0.1) is 21.6 Å². The van der Waals surface area contributed by atoms with Crippen LogP contribution in [0.3, 0.4) is 0 Å². The van der Waals surface area contributed by atoms with Gasteiger partial charge in [0.15, 0.2) is 0 Å². The summed E-state index contributed by atoms with van der Waals surface area (Å²) in [5.41, 5.74) is 4.20. The maximum absolute atomic E-state index is 12.9. The van der Waals surface area contributed by atoms with Gasteiger partial charge in [-0.2, -0.15) is 5.10 Å². The van der Waals surface area contributed by atoms with Crippen molar-refractivity contribution in [2.45, 2.75) is 31.4 Å². The largest absolute Gasteiger partial charge is 0.410 e. The quantitative estimate of drug-likeness (QED) is 0.402. The third-order valence-electron chi connectivity index (χ3n) is 4.74. The molecule has 0 atom stereocenters. The Labute approximate surface area is 182 Å². The first-order chi connectivity index (χ1) is 14.3. The zero-order chi connectivity index (χ0) is 21.3. The SMILES string of the molecule is Cc1nn(Cc2nnc(S(=O)(=O)Cc3ccccc3-c3ccccc3)o2)c(C)c1Br. The van der Waals surface area contributed by atoms with Gasteiger partial charge in [0.25, 0.3) is 0 Å². The number of hydrogen-bond donors (Lipinski definition) is 0. The number of aryl methyl sites for hydroxylation is 1. The first kappa shape index (κ1) is 20.5. The van der Waals surface area contributed by atoms with E-state index < -0.39 is 9.84 Å². The highest BCUT2D eigenvalue weighted by Crippen LogP contribution is 2.27. The summed E-state index contributed by atoms with van der Waals surface area (Å²) in [6, 6.07) is 17.1. The molecule has 2 aromatic carbocycles. The Morgan fingerprint density at radius 1 is 1.00 bits per heavy atom. The van der Waals surface area contributed by atoms with E-state index in [1.807, 2.05) is 62.4 Å². The molecule has 0 fully saturated rings. The molecule has 30 heavy (non-hydrogen) atoms. The average molecular weight is 487 g/mol. The van der Waals surface area contributed by atoms with Crippen LogP contribution < -0.4 is 0 Å². The van der Waals surface area contributed by atoms with Crippen molar-refractivity contribution in [2.75, 3.05) is 0 Å². The molecule has 0 saturated heterocycles. The maximum atomic E-state index is 12.9. The van der Waals surface area contributed by atoms with Crippen LogP contribution in [-0.4, -0.2) is 28.4 Å². The van der Waals surface area contributed by atoms with Crippen molar-refractivity contribution in [2.24, 2.45) is 0 Å². The third-order valence-corrected chi connectivity index (χ3v) is 7.28. The number of aromatic nitrogens is 4. The lowest BCUT2D eigenvalue weighted by Crippen LogP contribution is -2.07. The number of hydrogen-bond acceptors (Lipinski definition) is 6. The molecule has 0 radical (unpaired) electrons. The Morgan fingerprint density at radius 2 is 1.70 bits per heavy atom. The molecular weight excluding hydrogens is 468 g/mol. The first-order valence-corrected chi connectivity index (χ1v) is 11.7. The third kappa shape index (κ3) is 4.08. The highest BCUT2D eigenvalue weighted by atomic mass is 79.9. The lowest BCUT2D eigenvalue weighted by Gasteiger charge is -2.09. The molecule has 4 aromatic rings. The van der Waals surface area contributed by atoms with Crippen molar-refractivity contribution < 1.29 is 12.8 Å². The summed E-state index contributed by atoms with van der Waals surface area (Å²) in [6.45, 7) is 3.97. The van der Waals surface area contributed by atoms with Crippen LogP contribution in [0.4, 0.5) is 0 Å². The van der Waals surface area contributed by atoms with Gasteiger partial charge in [0.1, 0.15) is 6.54 Å². The molecule has 0 amide bonds. The first-order valence-electron chi connectivity index (χ1n) is 9.23. The number of sulfone groups is 1. The van der Waals surface area contributed by atoms with Crippen LogP contribution >= 0.6 is 15.9 Å². The van der Waals surface area contributed by atoms with Gasteiger partial charge in [-0.3, -0.25) is 4.68 Å². The minimum absolute atomic E-state index is 0.183. The Bertz CT molecular complexity index is 1300. The van der Waals surface area contributed by atoms with Crippen molar-refractivity contribution in [3.8, 4) is 11.1 Å². The smallest absolute Gasteiger partial charge is 0.335 e. The second-order valence-corrected chi connectivity index (χ2v) is 9.55. The molecule has 2 heterocycles. The summed E-state index contributed by atoms with van der Waals surface area (Å²) >= 11 is 3.47. The molecule has 154 valence electrons. The van der Waals surface area contributed by atoms with Gasteiger partial charge in [0.2, 0.25) is 15.7 Å². The van der Waals surface area contributed by atoms with Crippen LogP contribution in [0, 0.1) is 13.8 Å². The van der Waals surface area contributed by atoms with E-state index in [0.717, 1.165) is 27.0 Å². The Kier molecular flexibility index (Phi) is 5.57. The maximum Gasteiger partial charge on any atom is 0.335 e. The van der Waals surface area contributed by atoms with Gasteiger partial charge in [-0.25, -0.2) is 8.42 Å². The lowest BCUT2D eigenvalue weighted by atomic mass is 10.0. The van der Waals surface area contributed by atoms with Crippen molar-refractivity contribution in [3.63, 3.8) is 0 Å². The van der Waals surface area contributed by atoms with Gasteiger partial charge in [-0.05, 0) is 46.5 Å². The summed E-state index contributed by atoms with van der Waals surface area (Å²) in [5, 5.41) is 11.7. The van der Waals surface area contributed by atoms with Gasteiger partial charge >= 0.3 is 5.22 Å². The number of nitrogens with zero attached hydrogens (tertiary/aromatic N) is 4. The monoisotopic (exact) mass is 486 g/mol. The van der Waals surface area contributed by atoms with Crippen LogP contribution in [-0.2, 0) is 22.1 Å². The highest BCUT2D eigenvalue weighted by Gasteiger charge is 2.25. The van der Waals surface area contributed by atoms with E-state index in [4.69, 9.17) is 4.42 Å². The van der Waals surface area contributed by atoms with Crippen molar-refractivity contribution >= 4 is 25.8 Å². The van der Waals surface area contributed by atoms with E-state index >= 15 is 0 Å². The van der Waals surface area contributed by atoms with Crippen LogP contribution in [0.15, 0.2) is 68.7 Å². The van der Waals surface area contributed by atoms with E-state index in [1.165, 1.54) is 0 Å². The Morgan fingerprint density at radius 3 is 2.40 bits per heavy atom. The lowest BCUT2D eigenvalue weighted by molar-refractivity contribution is 0.382. The molecule has 0 N–H and O–H groups in total. The fraction of sp³-hybridized carbons (Fsp3) is 0.190. The molecule has 0 aliphatic rings. The topological polar surface area (TPSA) is 90.9 Å². The van der Waals surface area contributed by atoms with E-state index in [1.54, 1.807) is 10.7 Å². The molecule has 7 nitrogen and oxygen atoms in total. The van der Waals surface area contributed by atoms with Crippen LogP contribution in [0.5, 0.6) is 0 Å². The van der Waals surface area contributed by atoms with Gasteiger partial charge in [-0.15, -0.1) is 5.10 Å². The summed E-state index contributed by atoms with van der Waals surface area (Å²) in [6.07, 6.45) is 0. The van der Waals surface area contributed by atoms with Gasteiger partial charge in [0, 0.05) is 0 Å². The highest BCUT2D eigenvalue weighted by molar-refractivity contribution is 9.10. The normalized spacial score (nSPS) is 11.7.